The van der Waals surface area contributed by atoms with Crippen LogP contribution in [0, 0.1) is 0 Å². The van der Waals surface area contributed by atoms with Gasteiger partial charge >= 0.3 is 5.97 Å². The molecule has 0 unspecified atom stereocenters. The van der Waals surface area contributed by atoms with Crippen LogP contribution in [0.3, 0.4) is 0 Å². The molecule has 1 fully saturated rings. The minimum absolute atomic E-state index is 0.156. The van der Waals surface area contributed by atoms with Gasteiger partial charge in [0.2, 0.25) is 5.91 Å². The van der Waals surface area contributed by atoms with Gasteiger partial charge in [0, 0.05) is 19.5 Å². The highest BCUT2D eigenvalue weighted by Gasteiger charge is 2.20. The van der Waals surface area contributed by atoms with Crippen molar-refractivity contribution in [2.24, 2.45) is 0 Å². The van der Waals surface area contributed by atoms with Gasteiger partial charge in [0.1, 0.15) is 11.0 Å². The number of likely N-dealkylation sites (tertiary alicyclic amines) is 1. The molecule has 2 amide bonds. The molecule has 0 atom stereocenters. The number of esters is 1. The third kappa shape index (κ3) is 4.40. The second kappa shape index (κ2) is 8.36. The van der Waals surface area contributed by atoms with Crippen LogP contribution in [0.25, 0.3) is 11.0 Å². The quantitative estimate of drug-likeness (QED) is 0.627. The highest BCUT2D eigenvalue weighted by Crippen LogP contribution is 2.21. The van der Waals surface area contributed by atoms with Crippen molar-refractivity contribution in [2.45, 2.75) is 19.4 Å². The number of hydrogen-bond acceptors (Lipinski definition) is 7. The Morgan fingerprint density at radius 3 is 2.72 bits per heavy atom. The molecule has 1 aliphatic heterocycles. The van der Waals surface area contributed by atoms with Gasteiger partial charge in [-0.3, -0.25) is 9.59 Å². The fraction of sp³-hybridized carbons (Fsp3) is 0.250. The van der Waals surface area contributed by atoms with Crippen molar-refractivity contribution in [2.75, 3.05) is 18.5 Å². The smallest absolute Gasteiger partial charge is 0.338 e. The Balaban J connectivity index is 1.30. The van der Waals surface area contributed by atoms with Gasteiger partial charge in [0.05, 0.1) is 23.0 Å². The van der Waals surface area contributed by atoms with E-state index in [1.54, 1.807) is 47.4 Å². The Bertz CT molecular complexity index is 1060. The molecule has 148 valence electrons. The van der Waals surface area contributed by atoms with Crippen molar-refractivity contribution >= 4 is 46.2 Å². The normalized spacial score (nSPS) is 13.7. The maximum Gasteiger partial charge on any atom is 0.338 e. The van der Waals surface area contributed by atoms with Crippen LogP contribution in [0.15, 0.2) is 42.5 Å². The highest BCUT2D eigenvalue weighted by atomic mass is 32.1. The second-order valence-corrected chi connectivity index (χ2v) is 7.21. The van der Waals surface area contributed by atoms with Gasteiger partial charge in [0.15, 0.2) is 6.61 Å². The molecule has 0 saturated carbocycles. The van der Waals surface area contributed by atoms with Gasteiger partial charge in [-0.05, 0) is 36.2 Å². The summed E-state index contributed by atoms with van der Waals surface area (Å²) in [5.41, 5.74) is 3.11. The summed E-state index contributed by atoms with van der Waals surface area (Å²) in [6.45, 7) is 0.896. The maximum atomic E-state index is 12.2. The molecule has 1 saturated heterocycles. The molecule has 4 rings (SSSR count). The predicted molar refractivity (Wildman–Crippen MR) is 107 cm³/mol. The average molecular weight is 410 g/mol. The Morgan fingerprint density at radius 2 is 1.97 bits per heavy atom. The monoisotopic (exact) mass is 410 g/mol. The minimum atomic E-state index is -0.586. The molecular formula is C20H18N4O4S. The average Bonchev–Trinajstić information content (AvgIpc) is 3.36. The number of rotatable bonds is 6. The Kier molecular flexibility index (Phi) is 5.48. The number of fused-ring (bicyclic) bond motifs is 1. The Labute approximate surface area is 170 Å². The summed E-state index contributed by atoms with van der Waals surface area (Å²) in [5.74, 6) is -0.885. The van der Waals surface area contributed by atoms with Gasteiger partial charge in [-0.25, -0.2) is 4.79 Å². The van der Waals surface area contributed by atoms with Crippen LogP contribution in [0.1, 0.15) is 28.8 Å². The van der Waals surface area contributed by atoms with Crippen molar-refractivity contribution in [1.82, 2.24) is 13.6 Å². The van der Waals surface area contributed by atoms with E-state index in [-0.39, 0.29) is 5.91 Å². The number of carbonyl (C=O) groups is 3. The number of anilines is 1. The number of nitrogens with one attached hydrogen (secondary N) is 1. The van der Waals surface area contributed by atoms with E-state index in [0.717, 1.165) is 30.3 Å². The van der Waals surface area contributed by atoms with Crippen molar-refractivity contribution in [3.8, 4) is 0 Å². The number of hydrogen-bond donors (Lipinski definition) is 1. The molecule has 0 aliphatic carbocycles. The molecule has 2 heterocycles. The van der Waals surface area contributed by atoms with E-state index in [9.17, 15) is 14.4 Å². The lowest BCUT2D eigenvalue weighted by Gasteiger charge is -2.15. The van der Waals surface area contributed by atoms with Crippen molar-refractivity contribution in [1.29, 1.82) is 0 Å². The number of nitrogens with zero attached hydrogens (tertiary/aromatic N) is 3. The first-order chi connectivity index (χ1) is 14.1. The first-order valence-electron chi connectivity index (χ1n) is 9.15. The zero-order valence-electron chi connectivity index (χ0n) is 15.5. The molecule has 2 aromatic carbocycles. The van der Waals surface area contributed by atoms with E-state index < -0.39 is 18.5 Å². The molecule has 3 aromatic rings. The van der Waals surface area contributed by atoms with Gasteiger partial charge in [-0.1, -0.05) is 18.2 Å². The Hall–Kier alpha value is -3.33. The zero-order chi connectivity index (χ0) is 20.2. The molecule has 29 heavy (non-hydrogen) atoms. The van der Waals surface area contributed by atoms with E-state index in [0.29, 0.717) is 35.2 Å². The predicted octanol–water partition coefficient (Wildman–Crippen LogP) is 2.61. The van der Waals surface area contributed by atoms with E-state index in [1.165, 1.54) is 0 Å². The standard InChI is InChI=1S/C20H18N4O4S/c25-17(21-15-3-1-4-16-19(15)23-29-22-16)12-28-20(27)14-8-6-13(7-9-14)11-24-10-2-5-18(24)26/h1,3-4,6-9H,2,5,10-12H2,(H,21,25). The minimum Gasteiger partial charge on any atom is -0.452 e. The molecule has 1 N–H and O–H groups in total. The SMILES string of the molecule is O=C(COC(=O)c1ccc(CN2CCCC2=O)cc1)Nc1cccc2nsnc12. The largest absolute Gasteiger partial charge is 0.452 e. The van der Waals surface area contributed by atoms with Crippen LogP contribution in [-0.4, -0.2) is 44.6 Å². The molecule has 0 spiro atoms. The number of benzene rings is 2. The van der Waals surface area contributed by atoms with Gasteiger partial charge in [-0.15, -0.1) is 0 Å². The fourth-order valence-corrected chi connectivity index (χ4v) is 3.70. The third-order valence-corrected chi connectivity index (χ3v) is 5.17. The van der Waals surface area contributed by atoms with Crippen molar-refractivity contribution < 1.29 is 19.1 Å². The number of carbonyl (C=O) groups excluding carboxylic acids is 3. The lowest BCUT2D eigenvalue weighted by atomic mass is 10.1. The van der Waals surface area contributed by atoms with E-state index in [4.69, 9.17) is 4.74 Å². The van der Waals surface area contributed by atoms with E-state index >= 15 is 0 Å². The molecule has 9 heteroatoms. The first kappa shape index (κ1) is 19.0. The molecule has 1 aromatic heterocycles. The second-order valence-electron chi connectivity index (χ2n) is 6.68. The lowest BCUT2D eigenvalue weighted by Crippen LogP contribution is -2.23. The summed E-state index contributed by atoms with van der Waals surface area (Å²) < 4.78 is 13.4. The summed E-state index contributed by atoms with van der Waals surface area (Å²) in [5, 5.41) is 2.68. The van der Waals surface area contributed by atoms with Crippen LogP contribution < -0.4 is 5.32 Å². The molecule has 0 bridgehead atoms. The van der Waals surface area contributed by atoms with Crippen LogP contribution in [0.5, 0.6) is 0 Å². The summed E-state index contributed by atoms with van der Waals surface area (Å²) in [6.07, 6.45) is 1.48. The topological polar surface area (TPSA) is 101 Å². The van der Waals surface area contributed by atoms with Crippen LogP contribution >= 0.6 is 11.7 Å². The third-order valence-electron chi connectivity index (χ3n) is 4.63. The molecule has 0 radical (unpaired) electrons. The number of amides is 2. The van der Waals surface area contributed by atoms with E-state index in [1.807, 2.05) is 0 Å². The van der Waals surface area contributed by atoms with Crippen LogP contribution in [0.2, 0.25) is 0 Å². The molecule has 8 nitrogen and oxygen atoms in total. The maximum absolute atomic E-state index is 12.2. The molecular weight excluding hydrogens is 392 g/mol. The van der Waals surface area contributed by atoms with Crippen molar-refractivity contribution in [3.05, 3.63) is 53.6 Å². The summed E-state index contributed by atoms with van der Waals surface area (Å²) in [7, 11) is 0. The zero-order valence-corrected chi connectivity index (χ0v) is 16.3. The van der Waals surface area contributed by atoms with Crippen LogP contribution in [0.4, 0.5) is 5.69 Å². The number of aromatic nitrogens is 2. The van der Waals surface area contributed by atoms with E-state index in [2.05, 4.69) is 14.1 Å². The Morgan fingerprint density at radius 1 is 1.14 bits per heavy atom. The van der Waals surface area contributed by atoms with Gasteiger partial charge in [-0.2, -0.15) is 8.75 Å². The first-order valence-corrected chi connectivity index (χ1v) is 9.88. The van der Waals surface area contributed by atoms with Crippen LogP contribution in [-0.2, 0) is 20.9 Å². The van der Waals surface area contributed by atoms with Crippen molar-refractivity contribution in [3.63, 3.8) is 0 Å². The fourth-order valence-electron chi connectivity index (χ4n) is 3.15. The summed E-state index contributed by atoms with van der Waals surface area (Å²) in [4.78, 5) is 37.8. The lowest BCUT2D eigenvalue weighted by molar-refractivity contribution is -0.128. The number of ether oxygens (including phenoxy) is 1. The summed E-state index contributed by atoms with van der Waals surface area (Å²) >= 11 is 1.06. The highest BCUT2D eigenvalue weighted by molar-refractivity contribution is 7.00. The van der Waals surface area contributed by atoms with Gasteiger partial charge in [0.25, 0.3) is 5.91 Å². The summed E-state index contributed by atoms with van der Waals surface area (Å²) in [6, 6.07) is 12.1. The van der Waals surface area contributed by atoms with Gasteiger partial charge < -0.3 is 15.0 Å². The molecule has 1 aliphatic rings.